The number of aliphatic hydroxyl groups is 1. The van der Waals surface area contributed by atoms with Gasteiger partial charge in [-0.25, -0.2) is 9.97 Å². The normalized spacial score (nSPS) is 20.6. The number of carbonyl (C=O) groups is 1. The van der Waals surface area contributed by atoms with E-state index in [1.807, 2.05) is 19.1 Å². The summed E-state index contributed by atoms with van der Waals surface area (Å²) in [5, 5.41) is 20.4. The molecule has 1 aliphatic rings. The molecule has 0 bridgehead atoms. The standard InChI is InChI=1S/C16H17N5O2/c1-11-2-5-18-13(8-11)20-14-9-12(3-6-19-14)21-7-4-16(23,10-17)15(21)22/h2-3,5-6,8-10,17,23H,4,7H2,1H3,(H,18,19,20)/t16-/m0/s1. The number of nitrogens with one attached hydrogen (secondary N) is 2. The molecule has 1 amide bonds. The van der Waals surface area contributed by atoms with Gasteiger partial charge in [-0.3, -0.25) is 4.79 Å². The van der Waals surface area contributed by atoms with Gasteiger partial charge in [0.1, 0.15) is 11.6 Å². The van der Waals surface area contributed by atoms with Crippen LogP contribution in [0.3, 0.4) is 0 Å². The molecule has 2 aromatic heterocycles. The van der Waals surface area contributed by atoms with E-state index < -0.39 is 11.5 Å². The van der Waals surface area contributed by atoms with Gasteiger partial charge in [0.2, 0.25) is 0 Å². The number of hydrogen-bond acceptors (Lipinski definition) is 6. The van der Waals surface area contributed by atoms with Crippen LogP contribution in [0.1, 0.15) is 12.0 Å². The first-order chi connectivity index (χ1) is 11.0. The van der Waals surface area contributed by atoms with Crippen LogP contribution in [0.4, 0.5) is 17.3 Å². The molecule has 3 heterocycles. The topological polar surface area (TPSA) is 102 Å². The first kappa shape index (κ1) is 15.1. The summed E-state index contributed by atoms with van der Waals surface area (Å²) in [7, 11) is 0. The van der Waals surface area contributed by atoms with Crippen LogP contribution in [0.2, 0.25) is 0 Å². The third-order valence-corrected chi connectivity index (χ3v) is 3.80. The highest BCUT2D eigenvalue weighted by Gasteiger charge is 2.44. The van der Waals surface area contributed by atoms with Crippen molar-refractivity contribution in [3.05, 3.63) is 42.2 Å². The van der Waals surface area contributed by atoms with Gasteiger partial charge in [0.05, 0.1) is 0 Å². The van der Waals surface area contributed by atoms with Crippen molar-refractivity contribution in [2.45, 2.75) is 18.9 Å². The van der Waals surface area contributed by atoms with E-state index in [9.17, 15) is 9.90 Å². The van der Waals surface area contributed by atoms with Crippen LogP contribution in [-0.2, 0) is 4.79 Å². The average Bonchev–Trinajstić information content (AvgIpc) is 2.84. The number of hydrogen-bond donors (Lipinski definition) is 3. The van der Waals surface area contributed by atoms with Gasteiger partial charge >= 0.3 is 0 Å². The summed E-state index contributed by atoms with van der Waals surface area (Å²) in [5.74, 6) is 0.732. The highest BCUT2D eigenvalue weighted by Crippen LogP contribution is 2.28. The van der Waals surface area contributed by atoms with Gasteiger partial charge in [0.25, 0.3) is 5.91 Å². The quantitative estimate of drug-likeness (QED) is 0.745. The fourth-order valence-corrected chi connectivity index (χ4v) is 2.50. The molecule has 1 aliphatic heterocycles. The molecule has 0 radical (unpaired) electrons. The second-order valence-electron chi connectivity index (χ2n) is 5.52. The average molecular weight is 311 g/mol. The Balaban J connectivity index is 1.83. The van der Waals surface area contributed by atoms with Gasteiger partial charge < -0.3 is 20.7 Å². The number of aryl methyl sites for hydroxylation is 1. The smallest absolute Gasteiger partial charge is 0.264 e. The Hall–Kier alpha value is -2.80. The Morgan fingerprint density at radius 2 is 2.00 bits per heavy atom. The van der Waals surface area contributed by atoms with Crippen LogP contribution in [0.25, 0.3) is 0 Å². The fourth-order valence-electron chi connectivity index (χ4n) is 2.50. The Morgan fingerprint density at radius 3 is 2.65 bits per heavy atom. The number of pyridine rings is 2. The van der Waals surface area contributed by atoms with E-state index in [2.05, 4.69) is 15.3 Å². The summed E-state index contributed by atoms with van der Waals surface area (Å²) < 4.78 is 0. The second-order valence-corrected chi connectivity index (χ2v) is 5.52. The zero-order valence-electron chi connectivity index (χ0n) is 12.7. The number of aromatic nitrogens is 2. The summed E-state index contributed by atoms with van der Waals surface area (Å²) in [6.07, 6.45) is 4.30. The molecular weight excluding hydrogens is 294 g/mol. The summed E-state index contributed by atoms with van der Waals surface area (Å²) in [4.78, 5) is 22.1. The van der Waals surface area contributed by atoms with E-state index in [-0.39, 0.29) is 6.42 Å². The minimum Gasteiger partial charge on any atom is -0.375 e. The van der Waals surface area contributed by atoms with E-state index in [4.69, 9.17) is 5.41 Å². The number of rotatable bonds is 4. The molecule has 7 heteroatoms. The van der Waals surface area contributed by atoms with Gasteiger partial charge in [0, 0.05) is 43.3 Å². The van der Waals surface area contributed by atoms with Crippen molar-refractivity contribution in [2.24, 2.45) is 0 Å². The molecule has 7 nitrogen and oxygen atoms in total. The van der Waals surface area contributed by atoms with E-state index in [1.165, 1.54) is 4.90 Å². The molecule has 2 aromatic rings. The predicted molar refractivity (Wildman–Crippen MR) is 87.2 cm³/mol. The van der Waals surface area contributed by atoms with E-state index in [0.717, 1.165) is 11.8 Å². The Labute approximate surface area is 133 Å². The van der Waals surface area contributed by atoms with Crippen molar-refractivity contribution in [1.29, 1.82) is 5.41 Å². The lowest BCUT2D eigenvalue weighted by atomic mass is 10.1. The summed E-state index contributed by atoms with van der Waals surface area (Å²) in [6, 6.07) is 7.21. The van der Waals surface area contributed by atoms with Gasteiger partial charge in [-0.1, -0.05) is 0 Å². The Kier molecular flexibility index (Phi) is 3.79. The van der Waals surface area contributed by atoms with Gasteiger partial charge in [0.15, 0.2) is 5.60 Å². The maximum Gasteiger partial charge on any atom is 0.264 e. The molecule has 1 saturated heterocycles. The van der Waals surface area contributed by atoms with Crippen molar-refractivity contribution < 1.29 is 9.90 Å². The van der Waals surface area contributed by atoms with Crippen molar-refractivity contribution in [2.75, 3.05) is 16.8 Å². The van der Waals surface area contributed by atoms with Crippen LogP contribution in [-0.4, -0.2) is 39.3 Å². The van der Waals surface area contributed by atoms with E-state index in [0.29, 0.717) is 23.9 Å². The van der Waals surface area contributed by atoms with Gasteiger partial charge in [-0.05, 0) is 30.7 Å². The molecular formula is C16H17N5O2. The monoisotopic (exact) mass is 311 g/mol. The van der Waals surface area contributed by atoms with Crippen LogP contribution in [0.15, 0.2) is 36.7 Å². The van der Waals surface area contributed by atoms with E-state index >= 15 is 0 Å². The van der Waals surface area contributed by atoms with Crippen LogP contribution >= 0.6 is 0 Å². The number of anilines is 3. The molecule has 3 rings (SSSR count). The summed E-state index contributed by atoms with van der Waals surface area (Å²) in [5.41, 5.74) is -0.00282. The third-order valence-electron chi connectivity index (χ3n) is 3.80. The van der Waals surface area contributed by atoms with Crippen molar-refractivity contribution >= 4 is 29.4 Å². The molecule has 23 heavy (non-hydrogen) atoms. The lowest BCUT2D eigenvalue weighted by Gasteiger charge is -2.19. The van der Waals surface area contributed by atoms with Crippen LogP contribution in [0.5, 0.6) is 0 Å². The largest absolute Gasteiger partial charge is 0.375 e. The summed E-state index contributed by atoms with van der Waals surface area (Å²) >= 11 is 0. The van der Waals surface area contributed by atoms with Gasteiger partial charge in [-0.2, -0.15) is 0 Å². The van der Waals surface area contributed by atoms with Crippen molar-refractivity contribution in [3.63, 3.8) is 0 Å². The minimum atomic E-state index is -1.70. The molecule has 0 spiro atoms. The molecule has 1 atom stereocenters. The SMILES string of the molecule is Cc1ccnc(Nc2cc(N3CC[C@](O)(C=N)C3=O)ccn2)c1. The van der Waals surface area contributed by atoms with Crippen LogP contribution < -0.4 is 10.2 Å². The summed E-state index contributed by atoms with van der Waals surface area (Å²) in [6.45, 7) is 2.33. The zero-order chi connectivity index (χ0) is 16.4. The van der Waals surface area contributed by atoms with Crippen molar-refractivity contribution in [3.8, 4) is 0 Å². The highest BCUT2D eigenvalue weighted by atomic mass is 16.3. The maximum absolute atomic E-state index is 12.2. The van der Waals surface area contributed by atoms with Crippen LogP contribution in [0, 0.1) is 12.3 Å². The maximum atomic E-state index is 12.2. The zero-order valence-corrected chi connectivity index (χ0v) is 12.7. The molecule has 1 fully saturated rings. The fraction of sp³-hybridized carbons (Fsp3) is 0.250. The number of amides is 1. The second kappa shape index (κ2) is 5.77. The lowest BCUT2D eigenvalue weighted by Crippen LogP contribution is -2.41. The Morgan fingerprint density at radius 1 is 1.30 bits per heavy atom. The first-order valence-electron chi connectivity index (χ1n) is 7.23. The Bertz CT molecular complexity index is 764. The highest BCUT2D eigenvalue weighted by molar-refractivity contribution is 6.11. The first-order valence-corrected chi connectivity index (χ1v) is 7.23. The predicted octanol–water partition coefficient (Wildman–Crippen LogP) is 1.65. The number of carbonyl (C=O) groups excluding carboxylic acids is 1. The van der Waals surface area contributed by atoms with Gasteiger partial charge in [-0.15, -0.1) is 0 Å². The molecule has 0 aliphatic carbocycles. The third kappa shape index (κ3) is 2.91. The number of nitrogens with zero attached hydrogens (tertiary/aromatic N) is 3. The lowest BCUT2D eigenvalue weighted by molar-refractivity contribution is -0.127. The molecule has 118 valence electrons. The minimum absolute atomic E-state index is 0.208. The molecule has 0 aromatic carbocycles. The molecule has 0 unspecified atom stereocenters. The molecule has 3 N–H and O–H groups in total. The van der Waals surface area contributed by atoms with Crippen molar-refractivity contribution in [1.82, 2.24) is 9.97 Å². The van der Waals surface area contributed by atoms with E-state index in [1.54, 1.807) is 24.5 Å². The molecule has 0 saturated carbocycles.